The van der Waals surface area contributed by atoms with Crippen molar-refractivity contribution < 1.29 is 58.2 Å². The number of aliphatic carboxylic acids is 1. The van der Waals surface area contributed by atoms with Gasteiger partial charge in [0.1, 0.15) is 18.8 Å². The first kappa shape index (κ1) is 70.4. The van der Waals surface area contributed by atoms with Crippen LogP contribution in [0.5, 0.6) is 0 Å². The number of carbonyl (C=O) groups excluding carboxylic acids is 3. The van der Waals surface area contributed by atoms with E-state index in [-0.39, 0.29) is 25.9 Å². The fraction of sp³-hybridized carbons (Fsp3) is 0.662. The van der Waals surface area contributed by atoms with Crippen molar-refractivity contribution in [3.8, 4) is 0 Å². The van der Waals surface area contributed by atoms with Gasteiger partial charge in [-0.2, -0.15) is 0 Å². The summed E-state index contributed by atoms with van der Waals surface area (Å²) in [7, 11) is 0. The van der Waals surface area contributed by atoms with Crippen LogP contribution in [0, 0.1) is 0 Å². The molecular formula is C65H104O12. The summed E-state index contributed by atoms with van der Waals surface area (Å²) in [6, 6.07) is 0. The second-order valence-electron chi connectivity index (χ2n) is 19.9. The molecule has 436 valence electrons. The number of esters is 3. The lowest BCUT2D eigenvalue weighted by atomic mass is 9.98. The lowest BCUT2D eigenvalue weighted by Gasteiger charge is -2.40. The number of aliphatic hydroxyl groups excluding tert-OH is 2. The number of carbonyl (C=O) groups is 4. The maximum absolute atomic E-state index is 13.1. The van der Waals surface area contributed by atoms with Gasteiger partial charge in [-0.3, -0.25) is 14.4 Å². The molecule has 12 nitrogen and oxygen atoms in total. The minimum Gasteiger partial charge on any atom is -0.479 e. The molecule has 1 rings (SSSR count). The van der Waals surface area contributed by atoms with E-state index in [1.165, 1.54) is 51.4 Å². The number of rotatable bonds is 49. The van der Waals surface area contributed by atoms with Gasteiger partial charge in [-0.25, -0.2) is 4.79 Å². The predicted molar refractivity (Wildman–Crippen MR) is 312 cm³/mol. The Hall–Kier alpha value is -4.62. The molecule has 6 unspecified atom stereocenters. The van der Waals surface area contributed by atoms with Gasteiger partial charge < -0.3 is 39.0 Å². The van der Waals surface area contributed by atoms with E-state index in [9.17, 15) is 34.5 Å². The van der Waals surface area contributed by atoms with Crippen LogP contribution >= 0.6 is 0 Å². The number of hydrogen-bond acceptors (Lipinski definition) is 11. The Morgan fingerprint density at radius 1 is 0.442 bits per heavy atom. The fourth-order valence-corrected chi connectivity index (χ4v) is 8.28. The summed E-state index contributed by atoms with van der Waals surface area (Å²) in [5, 5.41) is 31.5. The molecule has 1 fully saturated rings. The number of aliphatic hydroxyl groups is 2. The standard InChI is InChI=1S/C65H104O12/c1-4-7-10-13-16-19-22-25-27-28-29-30-32-35-38-41-44-47-50-53-59(68)76-63-61(70)60(69)62(64(71)72)77-65(63)74-55-56(75-58(67)52-49-46-43-40-37-33-24-21-18-15-12-9-6-3)54-73-57(66)51-48-45-42-39-36-34-31-26-23-20-17-14-11-8-5-2/h8-9,11-12,16-21,25-27,31,33,36-37,39,56,60-63,65,69-70H,4-7,10,13-15,22-24,28-30,32,34-35,38,40-55H2,1-3H3,(H,71,72)/b11-8-,12-9-,19-16-,20-17-,21-18-,27-25-,31-26-,37-33-,39-36-. The van der Waals surface area contributed by atoms with Gasteiger partial charge in [0.25, 0.3) is 0 Å². The lowest BCUT2D eigenvalue weighted by molar-refractivity contribution is -0.301. The number of carboxylic acids is 1. The van der Waals surface area contributed by atoms with E-state index in [0.717, 1.165) is 116 Å². The quantitative estimate of drug-likeness (QED) is 0.0228. The largest absolute Gasteiger partial charge is 0.479 e. The predicted octanol–water partition coefficient (Wildman–Crippen LogP) is 15.4. The maximum atomic E-state index is 13.1. The molecule has 1 saturated heterocycles. The molecular weight excluding hydrogens is 973 g/mol. The summed E-state index contributed by atoms with van der Waals surface area (Å²) in [5.74, 6) is -3.23. The first-order chi connectivity index (χ1) is 37.6. The Balaban J connectivity index is 2.71. The summed E-state index contributed by atoms with van der Waals surface area (Å²) in [6.07, 6.45) is 57.8. The molecule has 0 aromatic rings. The van der Waals surface area contributed by atoms with Gasteiger partial charge in [-0.15, -0.1) is 0 Å². The first-order valence-electron chi connectivity index (χ1n) is 29.9. The molecule has 0 spiro atoms. The van der Waals surface area contributed by atoms with Crippen LogP contribution in [0.3, 0.4) is 0 Å². The molecule has 12 heteroatoms. The zero-order valence-electron chi connectivity index (χ0n) is 47.9. The van der Waals surface area contributed by atoms with Gasteiger partial charge >= 0.3 is 23.9 Å². The van der Waals surface area contributed by atoms with Crippen molar-refractivity contribution in [2.75, 3.05) is 13.2 Å². The summed E-state index contributed by atoms with van der Waals surface area (Å²) in [4.78, 5) is 51.1. The third-order valence-corrected chi connectivity index (χ3v) is 12.8. The number of allylic oxidation sites excluding steroid dienone is 18. The molecule has 0 saturated carbocycles. The van der Waals surface area contributed by atoms with Crippen molar-refractivity contribution in [2.24, 2.45) is 0 Å². The Kier molecular flexibility index (Phi) is 47.6. The Morgan fingerprint density at radius 2 is 0.818 bits per heavy atom. The molecule has 0 aromatic carbocycles. The maximum Gasteiger partial charge on any atom is 0.335 e. The van der Waals surface area contributed by atoms with E-state index >= 15 is 0 Å². The summed E-state index contributed by atoms with van der Waals surface area (Å²) < 4.78 is 28.4. The van der Waals surface area contributed by atoms with Crippen molar-refractivity contribution >= 4 is 23.9 Å². The van der Waals surface area contributed by atoms with Gasteiger partial charge in [0.15, 0.2) is 24.6 Å². The molecule has 0 amide bonds. The number of unbranched alkanes of at least 4 members (excludes halogenated alkanes) is 17. The molecule has 0 aromatic heterocycles. The van der Waals surface area contributed by atoms with Crippen LogP contribution in [0.2, 0.25) is 0 Å². The average Bonchev–Trinajstić information content (AvgIpc) is 3.42. The van der Waals surface area contributed by atoms with Crippen LogP contribution in [0.25, 0.3) is 0 Å². The lowest BCUT2D eigenvalue weighted by Crippen LogP contribution is -2.61. The van der Waals surface area contributed by atoms with Crippen LogP contribution in [0.1, 0.15) is 226 Å². The average molecular weight is 1080 g/mol. The van der Waals surface area contributed by atoms with Gasteiger partial charge in [0.05, 0.1) is 6.61 Å². The monoisotopic (exact) mass is 1080 g/mol. The highest BCUT2D eigenvalue weighted by Gasteiger charge is 2.50. The van der Waals surface area contributed by atoms with Crippen LogP contribution in [0.15, 0.2) is 109 Å². The molecule has 1 aliphatic heterocycles. The van der Waals surface area contributed by atoms with Crippen molar-refractivity contribution in [2.45, 2.75) is 263 Å². The van der Waals surface area contributed by atoms with Crippen molar-refractivity contribution in [3.05, 3.63) is 109 Å². The van der Waals surface area contributed by atoms with Crippen LogP contribution in [-0.4, -0.2) is 89.2 Å². The minimum absolute atomic E-state index is 0.0427. The van der Waals surface area contributed by atoms with Crippen molar-refractivity contribution in [3.63, 3.8) is 0 Å². The van der Waals surface area contributed by atoms with E-state index in [2.05, 4.69) is 130 Å². The number of ether oxygens (including phenoxy) is 5. The Morgan fingerprint density at radius 3 is 1.29 bits per heavy atom. The van der Waals surface area contributed by atoms with Gasteiger partial charge in [0, 0.05) is 19.3 Å². The number of carboxylic acid groups (broad SMARTS) is 1. The SMILES string of the molecule is CC/C=C\C/C=C\C/C=C\C/C=C\CCCCC(=O)OCC(COC1OC(C(=O)O)C(O)C(O)C1OC(=O)CCCCCCCCCCC/C=C\C/C=C\CCCCC)OC(=O)CCCCC/C=C\C/C=C\C/C=C\CC. The number of hydrogen-bond donors (Lipinski definition) is 3. The van der Waals surface area contributed by atoms with Crippen LogP contribution in [-0.2, 0) is 42.9 Å². The first-order valence-corrected chi connectivity index (χ1v) is 29.9. The summed E-state index contributed by atoms with van der Waals surface area (Å²) in [5.41, 5.74) is 0. The third-order valence-electron chi connectivity index (χ3n) is 12.8. The van der Waals surface area contributed by atoms with E-state index in [0.29, 0.717) is 19.3 Å². The second-order valence-corrected chi connectivity index (χ2v) is 19.9. The summed E-state index contributed by atoms with van der Waals surface area (Å²) >= 11 is 0. The zero-order chi connectivity index (χ0) is 56.1. The molecule has 77 heavy (non-hydrogen) atoms. The molecule has 0 radical (unpaired) electrons. The topological polar surface area (TPSA) is 175 Å². The molecule has 0 aliphatic carbocycles. The van der Waals surface area contributed by atoms with Gasteiger partial charge in [0.2, 0.25) is 0 Å². The van der Waals surface area contributed by atoms with Crippen molar-refractivity contribution in [1.82, 2.24) is 0 Å². The summed E-state index contributed by atoms with van der Waals surface area (Å²) in [6.45, 7) is 5.67. The van der Waals surface area contributed by atoms with Crippen LogP contribution in [0.4, 0.5) is 0 Å². The fourth-order valence-electron chi connectivity index (χ4n) is 8.28. The highest BCUT2D eigenvalue weighted by molar-refractivity contribution is 5.74. The van der Waals surface area contributed by atoms with E-state index in [1.54, 1.807) is 0 Å². The highest BCUT2D eigenvalue weighted by Crippen LogP contribution is 2.26. The molecule has 6 atom stereocenters. The van der Waals surface area contributed by atoms with E-state index < -0.39 is 67.3 Å². The van der Waals surface area contributed by atoms with Gasteiger partial charge in [-0.05, 0) is 122 Å². The molecule has 1 aliphatic rings. The third kappa shape index (κ3) is 42.1. The van der Waals surface area contributed by atoms with Gasteiger partial charge in [-0.1, -0.05) is 194 Å². The molecule has 0 bridgehead atoms. The molecule has 3 N–H and O–H groups in total. The zero-order valence-corrected chi connectivity index (χ0v) is 47.9. The molecule has 1 heterocycles. The Labute approximate surface area is 465 Å². The van der Waals surface area contributed by atoms with E-state index in [4.69, 9.17) is 23.7 Å². The minimum atomic E-state index is -1.92. The van der Waals surface area contributed by atoms with Crippen molar-refractivity contribution in [1.29, 1.82) is 0 Å². The smallest absolute Gasteiger partial charge is 0.335 e. The van der Waals surface area contributed by atoms with E-state index in [1.807, 2.05) is 0 Å². The second kappa shape index (κ2) is 52.1. The Bertz CT molecular complexity index is 1750. The highest BCUT2D eigenvalue weighted by atomic mass is 16.7. The normalized spacial score (nSPS) is 18.8. The van der Waals surface area contributed by atoms with Crippen LogP contribution < -0.4 is 0 Å².